The van der Waals surface area contributed by atoms with Crippen LogP contribution in [0.25, 0.3) is 0 Å². The standard InChI is InChI=1S/C10H8Cl2N4S.ClH/c1-5-9(17-16-15-5)10(13)14-8-3-6(11)2-7(12)4-8;/h2-4H,1H3,(H2,13,14);1H. The first-order valence-electron chi connectivity index (χ1n) is 4.66. The molecule has 0 radical (unpaired) electrons. The summed E-state index contributed by atoms with van der Waals surface area (Å²) < 4.78 is 3.80. The van der Waals surface area contributed by atoms with Crippen LogP contribution in [0, 0.1) is 6.92 Å². The Labute approximate surface area is 124 Å². The molecule has 0 amide bonds. The van der Waals surface area contributed by atoms with Gasteiger partial charge in [0.2, 0.25) is 0 Å². The first-order valence-corrected chi connectivity index (χ1v) is 6.19. The van der Waals surface area contributed by atoms with E-state index < -0.39 is 0 Å². The van der Waals surface area contributed by atoms with Gasteiger partial charge in [0, 0.05) is 10.0 Å². The van der Waals surface area contributed by atoms with Crippen LogP contribution in [0.15, 0.2) is 23.2 Å². The van der Waals surface area contributed by atoms with Crippen molar-refractivity contribution >= 4 is 58.7 Å². The maximum Gasteiger partial charge on any atom is 0.145 e. The number of halogens is 3. The summed E-state index contributed by atoms with van der Waals surface area (Å²) in [5.41, 5.74) is 7.23. The highest BCUT2D eigenvalue weighted by molar-refractivity contribution is 7.08. The summed E-state index contributed by atoms with van der Waals surface area (Å²) in [5, 5.41) is 4.90. The molecule has 0 saturated carbocycles. The molecule has 1 aromatic carbocycles. The van der Waals surface area contributed by atoms with E-state index in [9.17, 15) is 0 Å². The van der Waals surface area contributed by atoms with Crippen molar-refractivity contribution in [1.82, 2.24) is 9.59 Å². The number of benzene rings is 1. The van der Waals surface area contributed by atoms with Crippen LogP contribution in [-0.4, -0.2) is 15.4 Å². The summed E-state index contributed by atoms with van der Waals surface area (Å²) in [6, 6.07) is 5.01. The Morgan fingerprint density at radius 2 is 1.89 bits per heavy atom. The monoisotopic (exact) mass is 322 g/mol. The summed E-state index contributed by atoms with van der Waals surface area (Å²) in [4.78, 5) is 4.99. The quantitative estimate of drug-likeness (QED) is 0.678. The average Bonchev–Trinajstić information content (AvgIpc) is 2.62. The van der Waals surface area contributed by atoms with E-state index in [2.05, 4.69) is 14.6 Å². The van der Waals surface area contributed by atoms with Crippen LogP contribution in [0.1, 0.15) is 10.6 Å². The zero-order valence-corrected chi connectivity index (χ0v) is 12.4. The molecule has 2 rings (SSSR count). The average molecular weight is 324 g/mol. The minimum Gasteiger partial charge on any atom is -0.382 e. The maximum absolute atomic E-state index is 5.87. The smallest absolute Gasteiger partial charge is 0.145 e. The molecule has 18 heavy (non-hydrogen) atoms. The molecular weight excluding hydrogens is 315 g/mol. The van der Waals surface area contributed by atoms with Gasteiger partial charge in [-0.05, 0) is 36.7 Å². The number of hydrogen-bond donors (Lipinski definition) is 1. The summed E-state index contributed by atoms with van der Waals surface area (Å²) in [6.45, 7) is 1.83. The molecule has 0 fully saturated rings. The first-order chi connectivity index (χ1) is 8.06. The molecule has 96 valence electrons. The Kier molecular flexibility index (Phi) is 5.34. The van der Waals surface area contributed by atoms with E-state index in [0.717, 1.165) is 10.6 Å². The number of nitrogens with zero attached hydrogens (tertiary/aromatic N) is 3. The number of aromatic nitrogens is 2. The second-order valence-corrected chi connectivity index (χ2v) is 4.94. The topological polar surface area (TPSA) is 64.2 Å². The van der Waals surface area contributed by atoms with E-state index in [0.29, 0.717) is 21.6 Å². The lowest BCUT2D eigenvalue weighted by molar-refractivity contribution is 1.09. The number of nitrogens with two attached hydrogens (primary N) is 1. The van der Waals surface area contributed by atoms with Crippen molar-refractivity contribution in [3.8, 4) is 0 Å². The summed E-state index contributed by atoms with van der Waals surface area (Å²) in [6.07, 6.45) is 0. The van der Waals surface area contributed by atoms with Crippen LogP contribution in [0.3, 0.4) is 0 Å². The second kappa shape index (κ2) is 6.33. The fraction of sp³-hybridized carbons (Fsp3) is 0.100. The molecule has 1 aromatic heterocycles. The van der Waals surface area contributed by atoms with Crippen molar-refractivity contribution in [1.29, 1.82) is 0 Å². The van der Waals surface area contributed by atoms with Gasteiger partial charge in [-0.2, -0.15) is 0 Å². The highest BCUT2D eigenvalue weighted by atomic mass is 35.5. The lowest BCUT2D eigenvalue weighted by Gasteiger charge is -2.00. The van der Waals surface area contributed by atoms with Gasteiger partial charge in [0.25, 0.3) is 0 Å². The van der Waals surface area contributed by atoms with Crippen LogP contribution in [0.4, 0.5) is 5.69 Å². The Balaban J connectivity index is 0.00000162. The number of amidine groups is 1. The highest BCUT2D eigenvalue weighted by Gasteiger charge is 2.07. The fourth-order valence-electron chi connectivity index (χ4n) is 1.26. The van der Waals surface area contributed by atoms with Gasteiger partial charge in [0.1, 0.15) is 10.7 Å². The molecule has 2 N–H and O–H groups in total. The number of aryl methyl sites for hydroxylation is 1. The predicted octanol–water partition coefficient (Wildman–Crippen LogP) is 3.61. The third kappa shape index (κ3) is 3.55. The van der Waals surface area contributed by atoms with Gasteiger partial charge in [0.15, 0.2) is 0 Å². The highest BCUT2D eigenvalue weighted by Crippen LogP contribution is 2.25. The van der Waals surface area contributed by atoms with Gasteiger partial charge >= 0.3 is 0 Å². The van der Waals surface area contributed by atoms with Gasteiger partial charge in [-0.25, -0.2) is 4.99 Å². The van der Waals surface area contributed by atoms with Crippen molar-refractivity contribution in [3.63, 3.8) is 0 Å². The Hall–Kier alpha value is -0.880. The lowest BCUT2D eigenvalue weighted by Crippen LogP contribution is -2.12. The van der Waals surface area contributed by atoms with Crippen molar-refractivity contribution in [2.75, 3.05) is 0 Å². The summed E-state index contributed by atoms with van der Waals surface area (Å²) in [5.74, 6) is 0.357. The van der Waals surface area contributed by atoms with Crippen LogP contribution in [-0.2, 0) is 0 Å². The SMILES string of the molecule is Cc1nnsc1C(N)=Nc1cc(Cl)cc(Cl)c1.Cl. The third-order valence-electron chi connectivity index (χ3n) is 1.98. The first kappa shape index (κ1) is 15.2. The van der Waals surface area contributed by atoms with Crippen molar-refractivity contribution in [3.05, 3.63) is 38.8 Å². The van der Waals surface area contributed by atoms with Gasteiger partial charge in [0.05, 0.1) is 11.4 Å². The Morgan fingerprint density at radius 3 is 2.39 bits per heavy atom. The Bertz CT molecular complexity index is 562. The second-order valence-electron chi connectivity index (χ2n) is 3.31. The molecule has 8 heteroatoms. The van der Waals surface area contributed by atoms with E-state index >= 15 is 0 Å². The van der Waals surface area contributed by atoms with Gasteiger partial charge in [-0.1, -0.05) is 27.7 Å². The van der Waals surface area contributed by atoms with Crippen LogP contribution < -0.4 is 5.73 Å². The molecule has 1 heterocycles. The number of rotatable bonds is 2. The molecule has 0 aliphatic heterocycles. The fourth-order valence-corrected chi connectivity index (χ4v) is 2.33. The van der Waals surface area contributed by atoms with Gasteiger partial charge in [-0.3, -0.25) is 0 Å². The Morgan fingerprint density at radius 1 is 1.28 bits per heavy atom. The number of hydrogen-bond acceptors (Lipinski definition) is 4. The maximum atomic E-state index is 5.87. The molecule has 0 aliphatic carbocycles. The molecule has 0 saturated heterocycles. The van der Waals surface area contributed by atoms with E-state index in [4.69, 9.17) is 28.9 Å². The van der Waals surface area contributed by atoms with E-state index in [1.54, 1.807) is 18.2 Å². The van der Waals surface area contributed by atoms with Crippen LogP contribution in [0.5, 0.6) is 0 Å². The van der Waals surface area contributed by atoms with Crippen molar-refractivity contribution < 1.29 is 0 Å². The molecule has 0 atom stereocenters. The minimum absolute atomic E-state index is 0. The molecular formula is C10H9Cl3N4S. The largest absolute Gasteiger partial charge is 0.382 e. The minimum atomic E-state index is 0. The predicted molar refractivity (Wildman–Crippen MR) is 78.7 cm³/mol. The molecule has 0 spiro atoms. The van der Waals surface area contributed by atoms with Crippen LogP contribution in [0.2, 0.25) is 10.0 Å². The molecule has 0 bridgehead atoms. The normalized spacial score (nSPS) is 11.2. The lowest BCUT2D eigenvalue weighted by atomic mass is 10.3. The van der Waals surface area contributed by atoms with Crippen LogP contribution >= 0.6 is 47.1 Å². The molecule has 4 nitrogen and oxygen atoms in total. The van der Waals surface area contributed by atoms with Crippen molar-refractivity contribution in [2.24, 2.45) is 10.7 Å². The van der Waals surface area contributed by atoms with E-state index in [1.165, 1.54) is 11.5 Å². The zero-order valence-electron chi connectivity index (χ0n) is 9.22. The summed E-state index contributed by atoms with van der Waals surface area (Å²) >= 11 is 12.9. The zero-order chi connectivity index (χ0) is 12.4. The van der Waals surface area contributed by atoms with E-state index in [1.807, 2.05) is 6.92 Å². The molecule has 0 aliphatic rings. The van der Waals surface area contributed by atoms with E-state index in [-0.39, 0.29) is 12.4 Å². The van der Waals surface area contributed by atoms with Gasteiger partial charge < -0.3 is 5.73 Å². The molecule has 2 aromatic rings. The molecule has 0 unspecified atom stereocenters. The van der Waals surface area contributed by atoms with Crippen molar-refractivity contribution in [2.45, 2.75) is 6.92 Å². The third-order valence-corrected chi connectivity index (χ3v) is 3.27. The summed E-state index contributed by atoms with van der Waals surface area (Å²) in [7, 11) is 0. The van der Waals surface area contributed by atoms with Gasteiger partial charge in [-0.15, -0.1) is 17.5 Å². The number of aliphatic imine (C=N–C) groups is 1.